The van der Waals surface area contributed by atoms with Gasteiger partial charge in [-0.25, -0.2) is 18.0 Å². The highest BCUT2D eigenvalue weighted by molar-refractivity contribution is 5.91. The molecule has 0 unspecified atom stereocenters. The van der Waals surface area contributed by atoms with E-state index in [1.165, 1.54) is 6.07 Å². The van der Waals surface area contributed by atoms with Gasteiger partial charge in [0.2, 0.25) is 0 Å². The van der Waals surface area contributed by atoms with Crippen molar-refractivity contribution in [2.45, 2.75) is 6.43 Å². The van der Waals surface area contributed by atoms with E-state index in [4.69, 9.17) is 5.26 Å². The Labute approximate surface area is 89.1 Å². The molecular formula is C10H6F3NO2. The lowest BCUT2D eigenvalue weighted by Gasteiger charge is -2.09. The molecule has 0 saturated heterocycles. The van der Waals surface area contributed by atoms with E-state index >= 15 is 0 Å². The summed E-state index contributed by atoms with van der Waals surface area (Å²) >= 11 is 0. The zero-order valence-electron chi connectivity index (χ0n) is 8.13. The van der Waals surface area contributed by atoms with Crippen LogP contribution < -0.4 is 0 Å². The first-order valence-electron chi connectivity index (χ1n) is 4.11. The molecule has 1 aromatic rings. The summed E-state index contributed by atoms with van der Waals surface area (Å²) < 4.78 is 42.6. The normalized spacial score (nSPS) is 10.0. The Bertz CT molecular complexity index is 466. The maximum Gasteiger partial charge on any atom is 0.338 e. The number of nitriles is 1. The van der Waals surface area contributed by atoms with Crippen LogP contribution in [0, 0.1) is 17.1 Å². The molecule has 0 N–H and O–H groups in total. The van der Waals surface area contributed by atoms with Gasteiger partial charge in [0, 0.05) is 0 Å². The smallest absolute Gasteiger partial charge is 0.338 e. The Balaban J connectivity index is 3.53. The van der Waals surface area contributed by atoms with Crippen molar-refractivity contribution < 1.29 is 22.7 Å². The van der Waals surface area contributed by atoms with Gasteiger partial charge in [0.25, 0.3) is 6.43 Å². The van der Waals surface area contributed by atoms with Crippen LogP contribution >= 0.6 is 0 Å². The zero-order chi connectivity index (χ0) is 12.3. The van der Waals surface area contributed by atoms with Gasteiger partial charge < -0.3 is 4.74 Å². The topological polar surface area (TPSA) is 50.1 Å². The van der Waals surface area contributed by atoms with E-state index in [2.05, 4.69) is 4.74 Å². The number of carbonyl (C=O) groups excluding carboxylic acids is 1. The molecule has 0 saturated carbocycles. The summed E-state index contributed by atoms with van der Waals surface area (Å²) in [6.07, 6.45) is -3.13. The Kier molecular flexibility index (Phi) is 3.51. The molecule has 16 heavy (non-hydrogen) atoms. The second-order valence-corrected chi connectivity index (χ2v) is 2.79. The fraction of sp³-hybridized carbons (Fsp3) is 0.200. The summed E-state index contributed by atoms with van der Waals surface area (Å²) in [6, 6.07) is 2.94. The van der Waals surface area contributed by atoms with Crippen LogP contribution in [-0.2, 0) is 4.74 Å². The molecule has 0 aromatic heterocycles. The maximum atomic E-state index is 13.1. The first kappa shape index (κ1) is 12.0. The van der Waals surface area contributed by atoms with Crippen molar-refractivity contribution in [3.8, 4) is 6.07 Å². The van der Waals surface area contributed by atoms with Crippen LogP contribution in [0.2, 0.25) is 0 Å². The molecular weight excluding hydrogens is 223 g/mol. The number of hydrogen-bond acceptors (Lipinski definition) is 3. The molecule has 0 bridgehead atoms. The molecule has 0 amide bonds. The average molecular weight is 229 g/mol. The minimum Gasteiger partial charge on any atom is -0.465 e. The second kappa shape index (κ2) is 4.66. The maximum absolute atomic E-state index is 13.1. The number of esters is 1. The number of nitrogens with zero attached hydrogens (tertiary/aromatic N) is 1. The summed E-state index contributed by atoms with van der Waals surface area (Å²) in [6.45, 7) is 0. The van der Waals surface area contributed by atoms with Crippen molar-refractivity contribution >= 4 is 5.97 Å². The second-order valence-electron chi connectivity index (χ2n) is 2.79. The fourth-order valence-corrected chi connectivity index (χ4v) is 1.22. The number of carbonyl (C=O) groups is 1. The van der Waals surface area contributed by atoms with E-state index in [-0.39, 0.29) is 0 Å². The van der Waals surface area contributed by atoms with Gasteiger partial charge in [0.1, 0.15) is 11.9 Å². The number of methoxy groups -OCH3 is 1. The molecule has 0 aliphatic rings. The highest BCUT2D eigenvalue weighted by atomic mass is 19.3. The van der Waals surface area contributed by atoms with Crippen LogP contribution in [0.1, 0.15) is 27.9 Å². The van der Waals surface area contributed by atoms with E-state index in [1.807, 2.05) is 0 Å². The Morgan fingerprint density at radius 3 is 2.56 bits per heavy atom. The number of benzene rings is 1. The van der Waals surface area contributed by atoms with Gasteiger partial charge in [-0.3, -0.25) is 0 Å². The molecule has 0 fully saturated rings. The molecule has 6 heteroatoms. The summed E-state index contributed by atoms with van der Waals surface area (Å²) in [4.78, 5) is 11.1. The van der Waals surface area contributed by atoms with Crippen molar-refractivity contribution in [1.82, 2.24) is 0 Å². The highest BCUT2D eigenvalue weighted by Crippen LogP contribution is 2.28. The lowest BCUT2D eigenvalue weighted by molar-refractivity contribution is 0.0589. The van der Waals surface area contributed by atoms with Crippen LogP contribution in [0.3, 0.4) is 0 Å². The van der Waals surface area contributed by atoms with Gasteiger partial charge in [-0.15, -0.1) is 0 Å². The lowest BCUT2D eigenvalue weighted by Crippen LogP contribution is -2.09. The Morgan fingerprint density at radius 1 is 1.50 bits per heavy atom. The first-order chi connectivity index (χ1) is 7.52. The van der Waals surface area contributed by atoms with E-state index in [0.717, 1.165) is 19.2 Å². The molecule has 84 valence electrons. The van der Waals surface area contributed by atoms with Gasteiger partial charge in [0.15, 0.2) is 0 Å². The van der Waals surface area contributed by atoms with Crippen molar-refractivity contribution in [1.29, 1.82) is 5.26 Å². The number of halogens is 3. The third-order valence-corrected chi connectivity index (χ3v) is 1.93. The number of hydrogen-bond donors (Lipinski definition) is 0. The highest BCUT2D eigenvalue weighted by Gasteiger charge is 2.25. The van der Waals surface area contributed by atoms with Crippen LogP contribution in [0.25, 0.3) is 0 Å². The molecule has 0 aliphatic carbocycles. The minimum absolute atomic E-state index is 0.504. The SMILES string of the molecule is COC(=O)c1ccc(F)c(C#N)c1C(F)F. The van der Waals surface area contributed by atoms with E-state index < -0.39 is 34.9 Å². The van der Waals surface area contributed by atoms with Crippen molar-refractivity contribution in [3.63, 3.8) is 0 Å². The molecule has 3 nitrogen and oxygen atoms in total. The standard InChI is InChI=1S/C10H6F3NO2/c1-16-10(15)5-2-3-7(11)6(4-14)8(5)9(12)13/h2-3,9H,1H3. The molecule has 0 spiro atoms. The number of rotatable bonds is 2. The largest absolute Gasteiger partial charge is 0.465 e. The Hall–Kier alpha value is -2.03. The first-order valence-corrected chi connectivity index (χ1v) is 4.11. The number of ether oxygens (including phenoxy) is 1. The Morgan fingerprint density at radius 2 is 2.12 bits per heavy atom. The summed E-state index contributed by atoms with van der Waals surface area (Å²) in [7, 11) is 1.01. The molecule has 0 atom stereocenters. The lowest BCUT2D eigenvalue weighted by atomic mass is 10.0. The average Bonchev–Trinajstić information content (AvgIpc) is 2.27. The predicted molar refractivity (Wildman–Crippen MR) is 47.4 cm³/mol. The summed E-state index contributed by atoms with van der Waals surface area (Å²) in [5, 5.41) is 8.55. The third kappa shape index (κ3) is 1.98. The zero-order valence-corrected chi connectivity index (χ0v) is 8.13. The van der Waals surface area contributed by atoms with Crippen LogP contribution in [0.4, 0.5) is 13.2 Å². The molecule has 0 aliphatic heterocycles. The van der Waals surface area contributed by atoms with Gasteiger partial charge in [-0.05, 0) is 12.1 Å². The quantitative estimate of drug-likeness (QED) is 0.731. The van der Waals surface area contributed by atoms with E-state index in [0.29, 0.717) is 0 Å². The minimum atomic E-state index is -3.13. The van der Waals surface area contributed by atoms with Gasteiger partial charge in [0.05, 0.1) is 23.8 Å². The van der Waals surface area contributed by atoms with Crippen LogP contribution in [0.5, 0.6) is 0 Å². The number of alkyl halides is 2. The van der Waals surface area contributed by atoms with E-state index in [9.17, 15) is 18.0 Å². The summed E-state index contributed by atoms with van der Waals surface area (Å²) in [5.74, 6) is -2.13. The monoisotopic (exact) mass is 229 g/mol. The fourth-order valence-electron chi connectivity index (χ4n) is 1.22. The van der Waals surface area contributed by atoms with Gasteiger partial charge >= 0.3 is 5.97 Å². The van der Waals surface area contributed by atoms with Crippen molar-refractivity contribution in [2.75, 3.05) is 7.11 Å². The van der Waals surface area contributed by atoms with Crippen molar-refractivity contribution in [2.24, 2.45) is 0 Å². The molecule has 1 rings (SSSR count). The van der Waals surface area contributed by atoms with Gasteiger partial charge in [-0.2, -0.15) is 5.26 Å². The predicted octanol–water partition coefficient (Wildman–Crippen LogP) is 2.42. The van der Waals surface area contributed by atoms with Crippen LogP contribution in [-0.4, -0.2) is 13.1 Å². The van der Waals surface area contributed by atoms with Crippen LogP contribution in [0.15, 0.2) is 12.1 Å². The molecule has 1 aromatic carbocycles. The van der Waals surface area contributed by atoms with E-state index in [1.54, 1.807) is 0 Å². The van der Waals surface area contributed by atoms with Crippen molar-refractivity contribution in [3.05, 3.63) is 34.6 Å². The summed E-state index contributed by atoms with van der Waals surface area (Å²) in [5.41, 5.74) is -2.28. The van der Waals surface area contributed by atoms with Gasteiger partial charge in [-0.1, -0.05) is 0 Å². The molecule has 0 radical (unpaired) electrons. The molecule has 0 heterocycles. The third-order valence-electron chi connectivity index (χ3n) is 1.93.